The van der Waals surface area contributed by atoms with E-state index < -0.39 is 5.97 Å². The number of nitrogens with one attached hydrogen (secondary N) is 1. The number of piperazine rings is 1. The molecule has 0 spiro atoms. The van der Waals surface area contributed by atoms with Gasteiger partial charge < -0.3 is 14.9 Å². The molecule has 3 fully saturated rings. The minimum Gasteiger partial charge on any atom is -0.481 e. The van der Waals surface area contributed by atoms with Gasteiger partial charge in [-0.1, -0.05) is 42.2 Å². The summed E-state index contributed by atoms with van der Waals surface area (Å²) in [6.45, 7) is 4.78. The predicted octanol–water partition coefficient (Wildman–Crippen LogP) is 6.01. The molecular formula is C31H36ClFN6O3S. The zero-order valence-electron chi connectivity index (χ0n) is 24.0. The van der Waals surface area contributed by atoms with Crippen LogP contribution in [0, 0.1) is 11.7 Å². The molecule has 43 heavy (non-hydrogen) atoms. The summed E-state index contributed by atoms with van der Waals surface area (Å²) in [5.41, 5.74) is 1.82. The number of piperidine rings is 1. The van der Waals surface area contributed by atoms with E-state index in [1.54, 1.807) is 18.2 Å². The highest BCUT2D eigenvalue weighted by atomic mass is 35.5. The number of anilines is 3. The molecule has 0 unspecified atom stereocenters. The summed E-state index contributed by atoms with van der Waals surface area (Å²) in [6, 6.07) is 8.56. The van der Waals surface area contributed by atoms with Gasteiger partial charge in [-0.05, 0) is 56.0 Å². The van der Waals surface area contributed by atoms with Crippen molar-refractivity contribution in [1.82, 2.24) is 14.9 Å². The number of hydrogen-bond acceptors (Lipinski definition) is 8. The first-order valence-corrected chi connectivity index (χ1v) is 16.3. The third-order valence-corrected chi connectivity index (χ3v) is 10.2. The maximum Gasteiger partial charge on any atom is 0.306 e. The van der Waals surface area contributed by atoms with Crippen LogP contribution in [0.4, 0.5) is 20.3 Å². The number of rotatable bonds is 7. The van der Waals surface area contributed by atoms with Gasteiger partial charge in [0, 0.05) is 57.1 Å². The SMILES string of the molecule is O=C(Nc1nc(-c2ccc(F)cc2)c(N2CCN(C3CCCCC3)CC2)s1)c1cnc(N2CCC(C(=O)O)CC2)c(Cl)c1. The van der Waals surface area contributed by atoms with E-state index in [4.69, 9.17) is 16.6 Å². The summed E-state index contributed by atoms with van der Waals surface area (Å²) >= 11 is 7.96. The zero-order chi connectivity index (χ0) is 29.9. The Labute approximate surface area is 259 Å². The van der Waals surface area contributed by atoms with Gasteiger partial charge >= 0.3 is 5.97 Å². The number of halogens is 2. The molecule has 3 aliphatic rings. The lowest BCUT2D eigenvalue weighted by Gasteiger charge is -2.41. The molecule has 1 saturated carbocycles. The van der Waals surface area contributed by atoms with Gasteiger partial charge in [0.15, 0.2) is 5.13 Å². The van der Waals surface area contributed by atoms with Gasteiger partial charge in [-0.2, -0.15) is 0 Å². The average Bonchev–Trinajstić information content (AvgIpc) is 3.45. The van der Waals surface area contributed by atoms with Crippen LogP contribution in [-0.4, -0.2) is 77.2 Å². The van der Waals surface area contributed by atoms with E-state index in [-0.39, 0.29) is 17.6 Å². The Balaban J connectivity index is 1.17. The first-order valence-electron chi connectivity index (χ1n) is 15.1. The molecule has 0 bridgehead atoms. The number of aliphatic carboxylic acids is 1. The van der Waals surface area contributed by atoms with Crippen LogP contribution in [0.5, 0.6) is 0 Å². The molecule has 0 radical (unpaired) electrons. The van der Waals surface area contributed by atoms with Crippen molar-refractivity contribution in [2.45, 2.75) is 51.0 Å². The minimum absolute atomic E-state index is 0.301. The molecular weight excluding hydrogens is 591 g/mol. The van der Waals surface area contributed by atoms with Crippen molar-refractivity contribution in [3.63, 3.8) is 0 Å². The molecule has 9 nitrogen and oxygen atoms in total. The van der Waals surface area contributed by atoms with Crippen LogP contribution in [0.3, 0.4) is 0 Å². The summed E-state index contributed by atoms with van der Waals surface area (Å²) in [5, 5.41) is 13.9. The number of benzene rings is 1. The van der Waals surface area contributed by atoms with Gasteiger partial charge in [0.25, 0.3) is 5.91 Å². The van der Waals surface area contributed by atoms with Gasteiger partial charge in [0.2, 0.25) is 0 Å². The van der Waals surface area contributed by atoms with Crippen molar-refractivity contribution in [2.75, 3.05) is 54.4 Å². The standard InChI is InChI=1S/C31H36ClFN6O3S/c32-25-18-22(19-34-27(25)38-12-10-21(11-13-38)30(41)42)28(40)36-31-35-26(20-6-8-23(33)9-7-20)29(43-31)39-16-14-37(15-17-39)24-4-2-1-3-5-24/h6-9,18-19,21,24H,1-5,10-17H2,(H,41,42)(H,35,36,40). The molecule has 0 atom stereocenters. The second-order valence-electron chi connectivity index (χ2n) is 11.6. The van der Waals surface area contributed by atoms with Crippen LogP contribution in [0.2, 0.25) is 5.02 Å². The van der Waals surface area contributed by atoms with Crippen LogP contribution in [0.25, 0.3) is 11.3 Å². The van der Waals surface area contributed by atoms with Gasteiger partial charge in [-0.15, -0.1) is 0 Å². The van der Waals surface area contributed by atoms with Crippen molar-refractivity contribution in [1.29, 1.82) is 0 Å². The number of carbonyl (C=O) groups excluding carboxylic acids is 1. The Morgan fingerprint density at radius 2 is 1.65 bits per heavy atom. The third-order valence-electron chi connectivity index (χ3n) is 8.87. The largest absolute Gasteiger partial charge is 0.481 e. The Morgan fingerprint density at radius 1 is 0.953 bits per heavy atom. The molecule has 228 valence electrons. The maximum absolute atomic E-state index is 13.7. The molecule has 2 saturated heterocycles. The molecule has 3 aromatic rings. The molecule has 1 aliphatic carbocycles. The highest BCUT2D eigenvalue weighted by Crippen LogP contribution is 2.40. The Bertz CT molecular complexity index is 1450. The summed E-state index contributed by atoms with van der Waals surface area (Å²) < 4.78 is 13.7. The summed E-state index contributed by atoms with van der Waals surface area (Å²) in [5.74, 6) is -1.28. The molecule has 2 aliphatic heterocycles. The van der Waals surface area contributed by atoms with Crippen LogP contribution >= 0.6 is 22.9 Å². The Kier molecular flexibility index (Phi) is 9.11. The summed E-state index contributed by atoms with van der Waals surface area (Å²) in [4.78, 5) is 40.7. The van der Waals surface area contributed by atoms with Crippen LogP contribution in [0.15, 0.2) is 36.5 Å². The second kappa shape index (κ2) is 13.2. The molecule has 1 aromatic carbocycles. The van der Waals surface area contributed by atoms with E-state index in [1.165, 1.54) is 61.8 Å². The minimum atomic E-state index is -0.777. The van der Waals surface area contributed by atoms with Crippen molar-refractivity contribution < 1.29 is 19.1 Å². The number of nitrogens with zero attached hydrogens (tertiary/aromatic N) is 5. The second-order valence-corrected chi connectivity index (χ2v) is 13.0. The van der Waals surface area contributed by atoms with Gasteiger partial charge in [0.05, 0.1) is 16.5 Å². The monoisotopic (exact) mass is 626 g/mol. The predicted molar refractivity (Wildman–Crippen MR) is 168 cm³/mol. The first-order chi connectivity index (χ1) is 20.9. The molecule has 6 rings (SSSR count). The van der Waals surface area contributed by atoms with E-state index in [0.717, 1.165) is 42.4 Å². The maximum atomic E-state index is 13.7. The van der Waals surface area contributed by atoms with Crippen molar-refractivity contribution in [3.05, 3.63) is 52.9 Å². The van der Waals surface area contributed by atoms with E-state index in [1.807, 2.05) is 4.90 Å². The number of carboxylic acids is 1. The van der Waals surface area contributed by atoms with Crippen molar-refractivity contribution in [2.24, 2.45) is 5.92 Å². The van der Waals surface area contributed by atoms with Crippen LogP contribution < -0.4 is 15.1 Å². The number of carboxylic acid groups (broad SMARTS) is 1. The van der Waals surface area contributed by atoms with Gasteiger partial charge in [-0.3, -0.25) is 19.8 Å². The fourth-order valence-corrected chi connectivity index (χ4v) is 7.73. The third kappa shape index (κ3) is 6.78. The average molecular weight is 627 g/mol. The summed E-state index contributed by atoms with van der Waals surface area (Å²) in [6.07, 6.45) is 9.05. The van der Waals surface area contributed by atoms with E-state index in [9.17, 15) is 19.1 Å². The Morgan fingerprint density at radius 3 is 2.30 bits per heavy atom. The molecule has 2 aromatic heterocycles. The first kappa shape index (κ1) is 29.8. The van der Waals surface area contributed by atoms with Crippen LogP contribution in [0.1, 0.15) is 55.3 Å². The number of carbonyl (C=O) groups is 2. The topological polar surface area (TPSA) is 102 Å². The van der Waals surface area contributed by atoms with Crippen molar-refractivity contribution in [3.8, 4) is 11.3 Å². The number of hydrogen-bond donors (Lipinski definition) is 2. The number of amides is 1. The molecule has 2 N–H and O–H groups in total. The number of pyridine rings is 1. The Hall–Kier alpha value is -3.28. The van der Waals surface area contributed by atoms with Gasteiger partial charge in [0.1, 0.15) is 22.3 Å². The van der Waals surface area contributed by atoms with E-state index in [0.29, 0.717) is 53.5 Å². The zero-order valence-corrected chi connectivity index (χ0v) is 25.5. The van der Waals surface area contributed by atoms with E-state index in [2.05, 4.69) is 20.1 Å². The lowest BCUT2D eigenvalue weighted by molar-refractivity contribution is -0.142. The van der Waals surface area contributed by atoms with Crippen molar-refractivity contribution >= 4 is 50.8 Å². The quantitative estimate of drug-likeness (QED) is 0.329. The molecule has 12 heteroatoms. The van der Waals surface area contributed by atoms with E-state index >= 15 is 0 Å². The molecule has 4 heterocycles. The fraction of sp³-hybridized carbons (Fsp3) is 0.484. The number of thiazole rings is 1. The lowest BCUT2D eigenvalue weighted by atomic mass is 9.94. The lowest BCUT2D eigenvalue weighted by Crippen LogP contribution is -2.50. The normalized spacial score (nSPS) is 19.0. The highest BCUT2D eigenvalue weighted by Gasteiger charge is 2.29. The van der Waals surface area contributed by atoms with Gasteiger partial charge in [-0.25, -0.2) is 14.4 Å². The fourth-order valence-electron chi connectivity index (χ4n) is 6.41. The molecule has 1 amide bonds. The van der Waals surface area contributed by atoms with Crippen LogP contribution in [-0.2, 0) is 4.79 Å². The summed E-state index contributed by atoms with van der Waals surface area (Å²) in [7, 11) is 0. The highest BCUT2D eigenvalue weighted by molar-refractivity contribution is 7.20. The smallest absolute Gasteiger partial charge is 0.306 e. The number of aromatic nitrogens is 2.